The first kappa shape index (κ1) is 11.9. The maximum atomic E-state index is 12.0. The van der Waals surface area contributed by atoms with Crippen LogP contribution in [0.5, 0.6) is 0 Å². The van der Waals surface area contributed by atoms with Gasteiger partial charge in [-0.25, -0.2) is 0 Å². The smallest absolute Gasteiger partial charge is 0.312 e. The molecular formula is C10H13F3N2S. The Hall–Kier alpha value is -0.590. The SMILES string of the molecule is FC(F)(F)CNCc1csc2c1CCNC2. The second-order valence-corrected chi connectivity index (χ2v) is 4.77. The molecule has 1 aliphatic rings. The van der Waals surface area contributed by atoms with Gasteiger partial charge in [-0.05, 0) is 29.5 Å². The maximum Gasteiger partial charge on any atom is 0.401 e. The Bertz CT molecular complexity index is 359. The van der Waals surface area contributed by atoms with E-state index in [9.17, 15) is 13.2 Å². The highest BCUT2D eigenvalue weighted by molar-refractivity contribution is 7.10. The zero-order valence-corrected chi connectivity index (χ0v) is 9.47. The van der Waals surface area contributed by atoms with Crippen LogP contribution in [-0.4, -0.2) is 19.3 Å². The van der Waals surface area contributed by atoms with Crippen molar-refractivity contribution in [1.82, 2.24) is 10.6 Å². The van der Waals surface area contributed by atoms with Crippen LogP contribution in [0, 0.1) is 0 Å². The van der Waals surface area contributed by atoms with Crippen molar-refractivity contribution in [3.8, 4) is 0 Å². The van der Waals surface area contributed by atoms with Crippen molar-refractivity contribution in [3.63, 3.8) is 0 Å². The van der Waals surface area contributed by atoms with Gasteiger partial charge in [-0.1, -0.05) is 0 Å². The average molecular weight is 250 g/mol. The van der Waals surface area contributed by atoms with Crippen molar-refractivity contribution < 1.29 is 13.2 Å². The summed E-state index contributed by atoms with van der Waals surface area (Å²) < 4.78 is 35.9. The van der Waals surface area contributed by atoms with Crippen LogP contribution in [0.25, 0.3) is 0 Å². The van der Waals surface area contributed by atoms with E-state index < -0.39 is 12.7 Å². The zero-order valence-electron chi connectivity index (χ0n) is 8.66. The molecule has 1 aromatic heterocycles. The van der Waals surface area contributed by atoms with Gasteiger partial charge in [0.15, 0.2) is 0 Å². The summed E-state index contributed by atoms with van der Waals surface area (Å²) in [5.74, 6) is 0. The van der Waals surface area contributed by atoms with Crippen LogP contribution in [0.2, 0.25) is 0 Å². The number of nitrogens with one attached hydrogen (secondary N) is 2. The number of hydrogen-bond acceptors (Lipinski definition) is 3. The van der Waals surface area contributed by atoms with Crippen molar-refractivity contribution in [3.05, 3.63) is 21.4 Å². The van der Waals surface area contributed by atoms with Gasteiger partial charge >= 0.3 is 6.18 Å². The third kappa shape index (κ3) is 2.96. The fraction of sp³-hybridized carbons (Fsp3) is 0.600. The Morgan fingerprint density at radius 3 is 3.00 bits per heavy atom. The van der Waals surface area contributed by atoms with E-state index in [1.807, 2.05) is 5.38 Å². The largest absolute Gasteiger partial charge is 0.401 e. The summed E-state index contributed by atoms with van der Waals surface area (Å²) >= 11 is 1.63. The fourth-order valence-electron chi connectivity index (χ4n) is 1.81. The van der Waals surface area contributed by atoms with Gasteiger partial charge in [0.1, 0.15) is 0 Å². The molecule has 2 nitrogen and oxygen atoms in total. The molecular weight excluding hydrogens is 237 g/mol. The highest BCUT2D eigenvalue weighted by atomic mass is 32.1. The number of hydrogen-bond donors (Lipinski definition) is 2. The normalized spacial score (nSPS) is 16.2. The Kier molecular flexibility index (Phi) is 3.51. The van der Waals surface area contributed by atoms with Gasteiger partial charge in [-0.3, -0.25) is 0 Å². The van der Waals surface area contributed by atoms with Crippen molar-refractivity contribution >= 4 is 11.3 Å². The number of rotatable bonds is 3. The lowest BCUT2D eigenvalue weighted by Gasteiger charge is -2.15. The Balaban J connectivity index is 1.92. The molecule has 0 radical (unpaired) electrons. The molecule has 0 aromatic carbocycles. The molecule has 90 valence electrons. The third-order valence-electron chi connectivity index (χ3n) is 2.55. The second-order valence-electron chi connectivity index (χ2n) is 3.81. The standard InChI is InChI=1S/C10H13F3N2S/c11-10(12,13)6-15-3-7-5-16-9-4-14-2-1-8(7)9/h5,14-15H,1-4,6H2. The van der Waals surface area contributed by atoms with E-state index >= 15 is 0 Å². The van der Waals surface area contributed by atoms with Gasteiger partial charge in [-0.15, -0.1) is 11.3 Å². The number of halogens is 3. The molecule has 0 aliphatic carbocycles. The molecule has 0 saturated carbocycles. The predicted octanol–water partition coefficient (Wildman–Crippen LogP) is 2.05. The van der Waals surface area contributed by atoms with Gasteiger partial charge in [0.25, 0.3) is 0 Å². The first-order valence-corrected chi connectivity index (χ1v) is 6.00. The van der Waals surface area contributed by atoms with E-state index in [1.54, 1.807) is 11.3 Å². The van der Waals surface area contributed by atoms with Crippen molar-refractivity contribution in [2.75, 3.05) is 13.1 Å². The average Bonchev–Trinajstić information content (AvgIpc) is 2.60. The predicted molar refractivity (Wildman–Crippen MR) is 57.5 cm³/mol. The molecule has 1 aromatic rings. The molecule has 6 heteroatoms. The lowest BCUT2D eigenvalue weighted by atomic mass is 10.0. The summed E-state index contributed by atoms with van der Waals surface area (Å²) in [4.78, 5) is 1.26. The van der Waals surface area contributed by atoms with Crippen LogP contribution in [0.1, 0.15) is 16.0 Å². The summed E-state index contributed by atoms with van der Waals surface area (Å²) in [5, 5.41) is 7.64. The van der Waals surface area contributed by atoms with E-state index in [0.29, 0.717) is 6.54 Å². The maximum absolute atomic E-state index is 12.0. The highest BCUT2D eigenvalue weighted by Crippen LogP contribution is 2.25. The van der Waals surface area contributed by atoms with Crippen molar-refractivity contribution in [2.45, 2.75) is 25.7 Å². The number of alkyl halides is 3. The fourth-order valence-corrected chi connectivity index (χ4v) is 2.89. The number of fused-ring (bicyclic) bond motifs is 1. The molecule has 1 aliphatic heterocycles. The minimum absolute atomic E-state index is 0.311. The molecule has 0 bridgehead atoms. The summed E-state index contributed by atoms with van der Waals surface area (Å²) in [5.41, 5.74) is 2.25. The molecule has 2 N–H and O–H groups in total. The third-order valence-corrected chi connectivity index (χ3v) is 3.62. The van der Waals surface area contributed by atoms with E-state index in [1.165, 1.54) is 10.4 Å². The lowest BCUT2D eigenvalue weighted by molar-refractivity contribution is -0.125. The summed E-state index contributed by atoms with van der Waals surface area (Å²) in [6.07, 6.45) is -3.21. The van der Waals surface area contributed by atoms with Crippen LogP contribution < -0.4 is 10.6 Å². The molecule has 0 atom stereocenters. The van der Waals surface area contributed by atoms with Crippen molar-refractivity contribution in [1.29, 1.82) is 0 Å². The molecule has 0 fully saturated rings. The minimum atomic E-state index is -4.13. The van der Waals surface area contributed by atoms with E-state index in [2.05, 4.69) is 10.6 Å². The monoisotopic (exact) mass is 250 g/mol. The second kappa shape index (κ2) is 4.73. The lowest BCUT2D eigenvalue weighted by Crippen LogP contribution is -2.29. The van der Waals surface area contributed by atoms with Crippen LogP contribution >= 0.6 is 11.3 Å². The van der Waals surface area contributed by atoms with E-state index in [0.717, 1.165) is 25.1 Å². The molecule has 0 spiro atoms. The van der Waals surface area contributed by atoms with Crippen LogP contribution in [0.4, 0.5) is 13.2 Å². The van der Waals surface area contributed by atoms with Gasteiger partial charge in [0.05, 0.1) is 6.54 Å². The molecule has 0 unspecified atom stereocenters. The van der Waals surface area contributed by atoms with Crippen LogP contribution in [0.15, 0.2) is 5.38 Å². The first-order valence-electron chi connectivity index (χ1n) is 5.12. The van der Waals surface area contributed by atoms with Gasteiger partial charge < -0.3 is 10.6 Å². The summed E-state index contributed by atoms with van der Waals surface area (Å²) in [6, 6.07) is 0. The van der Waals surface area contributed by atoms with E-state index in [-0.39, 0.29) is 0 Å². The molecule has 0 amide bonds. The van der Waals surface area contributed by atoms with Crippen LogP contribution in [0.3, 0.4) is 0 Å². The molecule has 0 saturated heterocycles. The minimum Gasteiger partial charge on any atom is -0.312 e. The van der Waals surface area contributed by atoms with E-state index in [4.69, 9.17) is 0 Å². The topological polar surface area (TPSA) is 24.1 Å². The Labute approximate surface area is 95.9 Å². The van der Waals surface area contributed by atoms with Crippen molar-refractivity contribution in [2.24, 2.45) is 0 Å². The Morgan fingerprint density at radius 1 is 1.44 bits per heavy atom. The summed E-state index contributed by atoms with van der Waals surface area (Å²) in [7, 11) is 0. The Morgan fingerprint density at radius 2 is 2.25 bits per heavy atom. The number of thiophene rings is 1. The first-order chi connectivity index (χ1) is 7.56. The van der Waals surface area contributed by atoms with Gasteiger partial charge in [0.2, 0.25) is 0 Å². The molecule has 2 heterocycles. The van der Waals surface area contributed by atoms with Gasteiger partial charge in [-0.2, -0.15) is 13.2 Å². The quantitative estimate of drug-likeness (QED) is 0.858. The summed E-state index contributed by atoms with van der Waals surface area (Å²) in [6.45, 7) is 1.15. The van der Waals surface area contributed by atoms with Crippen LogP contribution in [-0.2, 0) is 19.5 Å². The molecule has 16 heavy (non-hydrogen) atoms. The highest BCUT2D eigenvalue weighted by Gasteiger charge is 2.26. The van der Waals surface area contributed by atoms with Gasteiger partial charge in [0, 0.05) is 18.0 Å². The zero-order chi connectivity index (χ0) is 11.6. The molecule has 2 rings (SSSR count).